The lowest BCUT2D eigenvalue weighted by atomic mass is 10.1. The first-order valence-corrected chi connectivity index (χ1v) is 12.6. The van der Waals surface area contributed by atoms with Crippen LogP contribution in [-0.4, -0.2) is 33.8 Å². The second kappa shape index (κ2) is 12.0. The van der Waals surface area contributed by atoms with E-state index in [1.165, 1.54) is 37.4 Å². The number of carbonyl (C=O) groups excluding carboxylic acids is 2. The zero-order valence-corrected chi connectivity index (χ0v) is 21.0. The number of halogens is 2. The summed E-state index contributed by atoms with van der Waals surface area (Å²) in [7, 11) is -2.66. The Morgan fingerprint density at radius 3 is 2.40 bits per heavy atom. The summed E-state index contributed by atoms with van der Waals surface area (Å²) in [4.78, 5) is 29.0. The third kappa shape index (κ3) is 6.93. The van der Waals surface area contributed by atoms with Crippen molar-refractivity contribution in [2.24, 2.45) is 0 Å². The normalized spacial score (nSPS) is 11.4. The van der Waals surface area contributed by atoms with E-state index in [0.29, 0.717) is 11.3 Å². The smallest absolute Gasteiger partial charge is 0.267 e. The number of rotatable bonds is 10. The van der Waals surface area contributed by atoms with E-state index in [2.05, 4.69) is 5.48 Å². The minimum absolute atomic E-state index is 0.0765. The van der Waals surface area contributed by atoms with Crippen LogP contribution in [0.25, 0.3) is 6.08 Å². The van der Waals surface area contributed by atoms with Gasteiger partial charge in [0.25, 0.3) is 15.9 Å². The van der Waals surface area contributed by atoms with Gasteiger partial charge in [0.1, 0.15) is 11.5 Å². The van der Waals surface area contributed by atoms with E-state index in [0.717, 1.165) is 9.87 Å². The molecule has 0 bridgehead atoms. The summed E-state index contributed by atoms with van der Waals surface area (Å²) < 4.78 is 27.4. The predicted octanol–water partition coefficient (Wildman–Crippen LogP) is 4.69. The Morgan fingerprint density at radius 2 is 1.66 bits per heavy atom. The van der Waals surface area contributed by atoms with Crippen molar-refractivity contribution in [2.75, 3.05) is 18.0 Å². The molecular weight excluding hydrogens is 511 g/mol. The molecule has 3 rings (SSSR count). The number of anilines is 1. The van der Waals surface area contributed by atoms with E-state index in [1.54, 1.807) is 24.3 Å². The largest absolute Gasteiger partial charge is 0.297 e. The van der Waals surface area contributed by atoms with E-state index in [1.807, 2.05) is 30.3 Å². The van der Waals surface area contributed by atoms with Crippen molar-refractivity contribution < 1.29 is 22.8 Å². The maximum Gasteiger partial charge on any atom is 0.267 e. The van der Waals surface area contributed by atoms with Gasteiger partial charge in [-0.2, -0.15) is 0 Å². The fraction of sp³-hybridized carbons (Fsp3) is 0.120. The van der Waals surface area contributed by atoms with Crippen LogP contribution in [0, 0.1) is 0 Å². The second-order valence-electron chi connectivity index (χ2n) is 7.37. The van der Waals surface area contributed by atoms with Gasteiger partial charge in [0.2, 0.25) is 0 Å². The SMILES string of the molecule is CN(c1ccccc1/C=C/C(=O)NOCC(=O)Cc1ccccc1)S(=O)(=O)c1cccc(Cl)c1Cl. The highest BCUT2D eigenvalue weighted by Crippen LogP contribution is 2.33. The van der Waals surface area contributed by atoms with Crippen LogP contribution in [0.15, 0.2) is 83.8 Å². The minimum Gasteiger partial charge on any atom is -0.297 e. The van der Waals surface area contributed by atoms with Gasteiger partial charge in [0.15, 0.2) is 5.78 Å². The highest BCUT2D eigenvalue weighted by molar-refractivity contribution is 7.93. The number of para-hydroxylation sites is 1. The Bertz CT molecular complexity index is 1340. The van der Waals surface area contributed by atoms with E-state index in [9.17, 15) is 18.0 Å². The van der Waals surface area contributed by atoms with Crippen molar-refractivity contribution in [3.05, 3.63) is 100 Å². The molecule has 35 heavy (non-hydrogen) atoms. The van der Waals surface area contributed by atoms with Crippen LogP contribution in [0.4, 0.5) is 5.69 Å². The standard InChI is InChI=1S/C25H22Cl2N2O5S/c1-29(35(32,33)23-13-7-11-21(26)25(23)27)22-12-6-5-10-19(22)14-15-24(31)28-34-17-20(30)16-18-8-3-2-4-9-18/h2-15H,16-17H2,1H3,(H,28,31)/b15-14+. The highest BCUT2D eigenvalue weighted by Gasteiger charge is 2.26. The molecule has 3 aromatic carbocycles. The predicted molar refractivity (Wildman–Crippen MR) is 137 cm³/mol. The van der Waals surface area contributed by atoms with Crippen LogP contribution in [0.5, 0.6) is 0 Å². The molecular formula is C25H22Cl2N2O5S. The molecule has 0 unspecified atom stereocenters. The molecule has 0 aliphatic heterocycles. The Kier molecular flexibility index (Phi) is 9.06. The zero-order valence-electron chi connectivity index (χ0n) is 18.6. The first kappa shape index (κ1) is 26.4. The van der Waals surface area contributed by atoms with Gasteiger partial charge in [0, 0.05) is 19.5 Å². The Morgan fingerprint density at radius 1 is 0.971 bits per heavy atom. The molecule has 1 N–H and O–H groups in total. The van der Waals surface area contributed by atoms with Crippen molar-refractivity contribution in [1.82, 2.24) is 5.48 Å². The second-order valence-corrected chi connectivity index (χ2v) is 10.1. The molecule has 0 saturated carbocycles. The summed E-state index contributed by atoms with van der Waals surface area (Å²) in [6.07, 6.45) is 2.80. The first-order chi connectivity index (χ1) is 16.7. The van der Waals surface area contributed by atoms with Gasteiger partial charge in [-0.25, -0.2) is 13.9 Å². The summed E-state index contributed by atoms with van der Waals surface area (Å²) in [5, 5.41) is 0.0422. The molecule has 0 aromatic heterocycles. The summed E-state index contributed by atoms with van der Waals surface area (Å²) >= 11 is 12.1. The third-order valence-electron chi connectivity index (χ3n) is 4.89. The van der Waals surface area contributed by atoms with Crippen LogP contribution in [0.3, 0.4) is 0 Å². The number of sulfonamides is 1. The fourth-order valence-electron chi connectivity index (χ4n) is 3.14. The van der Waals surface area contributed by atoms with Crippen LogP contribution >= 0.6 is 23.2 Å². The quantitative estimate of drug-likeness (QED) is 0.302. The summed E-state index contributed by atoms with van der Waals surface area (Å²) in [6, 6.07) is 20.1. The fourth-order valence-corrected chi connectivity index (χ4v) is 5.09. The van der Waals surface area contributed by atoms with Crippen molar-refractivity contribution in [3.63, 3.8) is 0 Å². The van der Waals surface area contributed by atoms with Crippen molar-refractivity contribution in [2.45, 2.75) is 11.3 Å². The number of hydrogen-bond acceptors (Lipinski definition) is 5. The van der Waals surface area contributed by atoms with Gasteiger partial charge in [-0.15, -0.1) is 0 Å². The molecule has 3 aromatic rings. The maximum atomic E-state index is 13.2. The average molecular weight is 533 g/mol. The van der Waals surface area contributed by atoms with Crippen LogP contribution in [-0.2, 0) is 30.9 Å². The number of hydroxylamine groups is 1. The lowest BCUT2D eigenvalue weighted by molar-refractivity contribution is -0.134. The zero-order chi connectivity index (χ0) is 25.4. The van der Waals surface area contributed by atoms with E-state index in [4.69, 9.17) is 28.0 Å². The van der Waals surface area contributed by atoms with Crippen LogP contribution in [0.2, 0.25) is 10.0 Å². The summed E-state index contributed by atoms with van der Waals surface area (Å²) in [5.74, 6) is -0.812. The summed E-state index contributed by atoms with van der Waals surface area (Å²) in [5.41, 5.74) is 3.79. The molecule has 0 saturated heterocycles. The number of benzene rings is 3. The van der Waals surface area contributed by atoms with E-state index < -0.39 is 15.9 Å². The van der Waals surface area contributed by atoms with Crippen molar-refractivity contribution in [3.8, 4) is 0 Å². The number of ketones is 1. The van der Waals surface area contributed by atoms with E-state index >= 15 is 0 Å². The minimum atomic E-state index is -4.04. The molecule has 0 fully saturated rings. The lowest BCUT2D eigenvalue weighted by Gasteiger charge is -2.22. The number of hydrogen-bond donors (Lipinski definition) is 1. The van der Waals surface area contributed by atoms with Gasteiger partial charge in [-0.1, -0.05) is 77.8 Å². The Labute approximate surface area is 213 Å². The molecule has 0 heterocycles. The molecule has 182 valence electrons. The van der Waals surface area contributed by atoms with Gasteiger partial charge in [-0.3, -0.25) is 18.7 Å². The number of amides is 1. The maximum absolute atomic E-state index is 13.2. The van der Waals surface area contributed by atoms with E-state index in [-0.39, 0.29) is 33.8 Å². The number of Topliss-reactive ketones (excluding diaryl/α,β-unsaturated/α-hetero) is 1. The molecule has 0 atom stereocenters. The van der Waals surface area contributed by atoms with Gasteiger partial charge < -0.3 is 0 Å². The monoisotopic (exact) mass is 532 g/mol. The lowest BCUT2D eigenvalue weighted by Crippen LogP contribution is -2.27. The topological polar surface area (TPSA) is 92.8 Å². The van der Waals surface area contributed by atoms with Crippen LogP contribution < -0.4 is 9.79 Å². The molecule has 0 spiro atoms. The Hall–Kier alpha value is -3.17. The molecule has 0 aliphatic carbocycles. The van der Waals surface area contributed by atoms with Gasteiger partial charge in [-0.05, 0) is 35.4 Å². The number of nitrogens with one attached hydrogen (secondary N) is 1. The Balaban J connectivity index is 1.65. The van der Waals surface area contributed by atoms with Crippen molar-refractivity contribution >= 4 is 56.7 Å². The molecule has 7 nitrogen and oxygen atoms in total. The molecule has 0 radical (unpaired) electrons. The van der Waals surface area contributed by atoms with Gasteiger partial charge >= 0.3 is 0 Å². The van der Waals surface area contributed by atoms with Crippen molar-refractivity contribution in [1.29, 1.82) is 0 Å². The molecule has 0 aliphatic rings. The number of carbonyl (C=O) groups is 2. The number of nitrogens with zero attached hydrogens (tertiary/aromatic N) is 1. The highest BCUT2D eigenvalue weighted by atomic mass is 35.5. The molecule has 1 amide bonds. The molecule has 10 heteroatoms. The van der Waals surface area contributed by atoms with Crippen LogP contribution in [0.1, 0.15) is 11.1 Å². The van der Waals surface area contributed by atoms with Gasteiger partial charge in [0.05, 0.1) is 15.7 Å². The first-order valence-electron chi connectivity index (χ1n) is 10.4. The average Bonchev–Trinajstić information content (AvgIpc) is 2.84. The third-order valence-corrected chi connectivity index (χ3v) is 7.64. The summed E-state index contributed by atoms with van der Waals surface area (Å²) in [6.45, 7) is -0.285.